The highest BCUT2D eigenvalue weighted by molar-refractivity contribution is 6.00. The topological polar surface area (TPSA) is 184 Å². The molecule has 1 aromatic carbocycles. The molecule has 2 aliphatic rings. The highest BCUT2D eigenvalue weighted by Crippen LogP contribution is 2.35. The van der Waals surface area contributed by atoms with Gasteiger partial charge in [0.2, 0.25) is 11.8 Å². The van der Waals surface area contributed by atoms with E-state index in [-0.39, 0.29) is 48.3 Å². The Hall–Kier alpha value is -5.05. The van der Waals surface area contributed by atoms with Gasteiger partial charge in [-0.1, -0.05) is 31.4 Å². The summed E-state index contributed by atoms with van der Waals surface area (Å²) in [5, 5.41) is 17.1. The Labute approximate surface area is 314 Å². The van der Waals surface area contributed by atoms with Gasteiger partial charge in [-0.15, -0.1) is 0 Å². The number of hydrogen-bond acceptors (Lipinski definition) is 9. The number of carbonyl (C=O) groups excluding carboxylic acids is 4. The Morgan fingerprint density at radius 3 is 2.61 bits per heavy atom. The third kappa shape index (κ3) is 9.17. The summed E-state index contributed by atoms with van der Waals surface area (Å²) >= 11 is 0. The molecule has 290 valence electrons. The van der Waals surface area contributed by atoms with E-state index in [2.05, 4.69) is 25.9 Å². The lowest BCUT2D eigenvalue weighted by molar-refractivity contribution is -0.135. The molecule has 15 heteroatoms. The second kappa shape index (κ2) is 17.4. The van der Waals surface area contributed by atoms with Gasteiger partial charge in [-0.25, -0.2) is 9.59 Å². The van der Waals surface area contributed by atoms with Crippen LogP contribution in [0.1, 0.15) is 123 Å². The molecule has 1 saturated carbocycles. The number of imide groups is 1. The van der Waals surface area contributed by atoms with Crippen LogP contribution in [0.5, 0.6) is 0 Å². The number of H-pyrrole nitrogens is 1. The molecule has 0 bridgehead atoms. The molecular weight excluding hydrogens is 692 g/mol. The zero-order chi connectivity index (χ0) is 38.4. The number of hydrogen-bond donors (Lipinski definition) is 3. The predicted octanol–water partition coefficient (Wildman–Crippen LogP) is 4.68. The molecule has 3 N–H and O–H groups in total. The van der Waals surface area contributed by atoms with Crippen LogP contribution in [0.3, 0.4) is 0 Å². The number of alkyl carbamates (subject to hydrolysis) is 1. The Morgan fingerprint density at radius 2 is 1.81 bits per heavy atom. The zero-order valence-electron chi connectivity index (χ0n) is 31.7. The number of rotatable bonds is 17. The Balaban J connectivity index is 0.887. The molecule has 4 heterocycles. The Morgan fingerprint density at radius 1 is 1.02 bits per heavy atom. The van der Waals surface area contributed by atoms with E-state index in [1.165, 1.54) is 4.57 Å². The molecule has 54 heavy (non-hydrogen) atoms. The third-order valence-corrected chi connectivity index (χ3v) is 10.4. The minimum Gasteiger partial charge on any atom is -0.446 e. The van der Waals surface area contributed by atoms with E-state index in [4.69, 9.17) is 9.47 Å². The number of ketones is 1. The fourth-order valence-electron chi connectivity index (χ4n) is 7.72. The van der Waals surface area contributed by atoms with Crippen LogP contribution in [-0.2, 0) is 52.6 Å². The number of nitrogens with one attached hydrogen (secondary N) is 3. The van der Waals surface area contributed by atoms with Crippen molar-refractivity contribution in [2.24, 2.45) is 14.1 Å². The van der Waals surface area contributed by atoms with E-state index in [9.17, 15) is 24.0 Å². The lowest BCUT2D eigenvalue weighted by Gasteiger charge is -2.21. The van der Waals surface area contributed by atoms with Crippen molar-refractivity contribution in [3.8, 4) is 0 Å². The predicted molar refractivity (Wildman–Crippen MR) is 200 cm³/mol. The molecule has 0 radical (unpaired) electrons. The molecular formula is C39H52N8O7. The van der Waals surface area contributed by atoms with Crippen molar-refractivity contribution in [2.45, 2.75) is 122 Å². The van der Waals surface area contributed by atoms with Crippen LogP contribution in [0, 0.1) is 0 Å². The first-order valence-corrected chi connectivity index (χ1v) is 19.2. The molecule has 3 atom stereocenters. The van der Waals surface area contributed by atoms with Crippen molar-refractivity contribution in [2.75, 3.05) is 6.61 Å². The zero-order valence-corrected chi connectivity index (χ0v) is 31.7. The molecule has 3 aromatic heterocycles. The van der Waals surface area contributed by atoms with Gasteiger partial charge in [0.25, 0.3) is 0 Å². The monoisotopic (exact) mass is 744 g/mol. The van der Waals surface area contributed by atoms with Gasteiger partial charge < -0.3 is 14.8 Å². The summed E-state index contributed by atoms with van der Waals surface area (Å²) in [6.45, 7) is 4.72. The average molecular weight is 745 g/mol. The molecule has 6 rings (SSSR count). The lowest BCUT2D eigenvalue weighted by atomic mass is 10.0. The van der Waals surface area contributed by atoms with Crippen LogP contribution in [0.15, 0.2) is 35.1 Å². The van der Waals surface area contributed by atoms with Gasteiger partial charge in [0.1, 0.15) is 17.8 Å². The summed E-state index contributed by atoms with van der Waals surface area (Å²) in [7, 11) is 3.50. The highest BCUT2D eigenvalue weighted by atomic mass is 16.6. The first kappa shape index (κ1) is 38.7. The van der Waals surface area contributed by atoms with Gasteiger partial charge in [-0.3, -0.25) is 38.6 Å². The van der Waals surface area contributed by atoms with Crippen LogP contribution in [0.2, 0.25) is 0 Å². The molecule has 15 nitrogen and oxygen atoms in total. The Bertz CT molecular complexity index is 2040. The van der Waals surface area contributed by atoms with E-state index in [1.54, 1.807) is 29.4 Å². The van der Waals surface area contributed by atoms with Crippen molar-refractivity contribution in [1.82, 2.24) is 39.7 Å². The second-order valence-electron chi connectivity index (χ2n) is 14.9. The molecule has 3 amide bonds. The van der Waals surface area contributed by atoms with Gasteiger partial charge in [-0.05, 0) is 82.6 Å². The fourth-order valence-corrected chi connectivity index (χ4v) is 7.72. The number of para-hydroxylation sites is 1. The van der Waals surface area contributed by atoms with E-state index in [1.807, 2.05) is 38.1 Å². The maximum atomic E-state index is 13.2. The average Bonchev–Trinajstić information content (AvgIpc) is 3.91. The summed E-state index contributed by atoms with van der Waals surface area (Å²) in [5.74, 6) is -0.616. The van der Waals surface area contributed by atoms with Gasteiger partial charge >= 0.3 is 11.8 Å². The van der Waals surface area contributed by atoms with Gasteiger partial charge in [0, 0.05) is 44.8 Å². The van der Waals surface area contributed by atoms with Gasteiger partial charge in [-0.2, -0.15) is 10.2 Å². The number of aromatic amines is 1. The molecule has 1 aliphatic carbocycles. The second-order valence-corrected chi connectivity index (χ2v) is 14.9. The van der Waals surface area contributed by atoms with Crippen molar-refractivity contribution in [3.63, 3.8) is 0 Å². The molecule has 0 spiro atoms. The van der Waals surface area contributed by atoms with Gasteiger partial charge in [0.15, 0.2) is 5.78 Å². The number of benzene rings is 1. The van der Waals surface area contributed by atoms with Crippen LogP contribution < -0.4 is 16.3 Å². The maximum Gasteiger partial charge on any atom is 0.407 e. The minimum absolute atomic E-state index is 0.0239. The van der Waals surface area contributed by atoms with Crippen LogP contribution in [0.4, 0.5) is 4.79 Å². The quantitative estimate of drug-likeness (QED) is 0.0785. The van der Waals surface area contributed by atoms with E-state index >= 15 is 0 Å². The largest absolute Gasteiger partial charge is 0.446 e. The number of unbranched alkanes of at least 4 members (excludes halogenated alkanes) is 4. The minimum atomic E-state index is -0.689. The summed E-state index contributed by atoms with van der Waals surface area (Å²) in [4.78, 5) is 62.5. The number of piperidine rings is 1. The fraction of sp³-hybridized carbons (Fsp3) is 0.564. The van der Waals surface area contributed by atoms with Crippen LogP contribution in [-0.4, -0.2) is 71.6 Å². The van der Waals surface area contributed by atoms with Crippen molar-refractivity contribution in [1.29, 1.82) is 0 Å². The van der Waals surface area contributed by atoms with Crippen molar-refractivity contribution < 1.29 is 28.7 Å². The maximum absolute atomic E-state index is 13.2. The molecule has 1 aliphatic heterocycles. The number of ether oxygens (including phenoxy) is 2. The highest BCUT2D eigenvalue weighted by Gasteiger charge is 2.32. The van der Waals surface area contributed by atoms with Crippen molar-refractivity contribution >= 4 is 34.7 Å². The summed E-state index contributed by atoms with van der Waals surface area (Å²) in [6, 6.07) is 8.89. The standard InChI is InChI=1S/C39H52N8O7/c1-24(2)40-38(51)54-29-15-14-26(19-29)30-20-27(42-43-30)22-34(48)33-21-28(44-46(33)4)23-53-18-9-7-5-6-8-11-25-12-10-13-31-36(25)45(3)39(52)47(31)32-16-17-35(49)41-37(32)50/h10,12-13,20-21,24,26,29,32H,5-9,11,14-19,22-23H2,1-4H3,(H,40,51)(H,42,43)(H,41,49,50)/t26-,29+,32?/m0/s1. The number of aromatic nitrogens is 6. The van der Waals surface area contributed by atoms with Crippen LogP contribution >= 0.6 is 0 Å². The molecule has 1 unspecified atom stereocenters. The summed E-state index contributed by atoms with van der Waals surface area (Å²) < 4.78 is 16.2. The lowest BCUT2D eigenvalue weighted by Crippen LogP contribution is -2.44. The Kier molecular flexibility index (Phi) is 12.5. The number of carbonyl (C=O) groups is 4. The number of aryl methyl sites for hydroxylation is 3. The number of imidazole rings is 1. The molecule has 4 aromatic rings. The SMILES string of the molecule is CC(C)NC(=O)O[C@@H]1CC[C@H](c2cc(CC(=O)c3cc(COCCCCCCCc4cccc5c4n(C)c(=O)n5C4CCC(=O)NC4=O)nn3C)[nH]n2)C1. The van der Waals surface area contributed by atoms with E-state index in [0.717, 1.165) is 79.4 Å². The number of Topliss-reactive ketones (excluding diaryl/α,β-unsaturated/α-hetero) is 1. The first-order chi connectivity index (χ1) is 26.0. The molecule has 2 fully saturated rings. The normalized spacial score (nSPS) is 18.8. The van der Waals surface area contributed by atoms with E-state index < -0.39 is 18.0 Å². The van der Waals surface area contributed by atoms with Gasteiger partial charge in [0.05, 0.1) is 35.4 Å². The third-order valence-electron chi connectivity index (χ3n) is 10.4. The summed E-state index contributed by atoms with van der Waals surface area (Å²) in [5.41, 5.74) is 5.23. The summed E-state index contributed by atoms with van der Waals surface area (Å²) in [6.07, 6.45) is 8.36. The van der Waals surface area contributed by atoms with Crippen LogP contribution in [0.25, 0.3) is 11.0 Å². The smallest absolute Gasteiger partial charge is 0.407 e. The molecule has 1 saturated heterocycles. The van der Waals surface area contributed by atoms with Crippen molar-refractivity contribution in [3.05, 3.63) is 69.2 Å². The van der Waals surface area contributed by atoms with E-state index in [0.29, 0.717) is 37.4 Å². The number of fused-ring (bicyclic) bond motifs is 1. The first-order valence-electron chi connectivity index (χ1n) is 19.2. The number of amides is 3. The number of nitrogens with zero attached hydrogens (tertiary/aromatic N) is 5.